The molecule has 1 aromatic heterocycles. The van der Waals surface area contributed by atoms with E-state index in [4.69, 9.17) is 9.63 Å². The number of nitrogens with zero attached hydrogens (tertiary/aromatic N) is 3. The number of hydrogen-bond donors (Lipinski definition) is 1. The maximum absolute atomic E-state index is 10.6. The lowest BCUT2D eigenvalue weighted by Crippen LogP contribution is -2.33. The number of rotatable bonds is 7. The van der Waals surface area contributed by atoms with Crippen LogP contribution in [-0.2, 0) is 17.8 Å². The van der Waals surface area contributed by atoms with Crippen LogP contribution in [0.4, 0.5) is 0 Å². The average Bonchev–Trinajstić information content (AvgIpc) is 2.84. The van der Waals surface area contributed by atoms with Crippen LogP contribution in [0.5, 0.6) is 0 Å². The summed E-state index contributed by atoms with van der Waals surface area (Å²) in [5.74, 6) is 1.85. The standard InChI is InChI=1S/C15H25N3O3/c1-11(2)9-13-16-14(21-17-13)10-18-7-5-12(6-8-18)3-4-15(19)20/h11-12H,3-10H2,1-2H3,(H,19,20). The van der Waals surface area contributed by atoms with Crippen LogP contribution in [-0.4, -0.2) is 39.2 Å². The smallest absolute Gasteiger partial charge is 0.303 e. The van der Waals surface area contributed by atoms with Crippen LogP contribution in [0.2, 0.25) is 0 Å². The summed E-state index contributed by atoms with van der Waals surface area (Å²) in [5, 5.41) is 12.7. The van der Waals surface area contributed by atoms with Gasteiger partial charge in [0.05, 0.1) is 6.54 Å². The molecule has 0 spiro atoms. The van der Waals surface area contributed by atoms with Crippen molar-refractivity contribution in [2.75, 3.05) is 13.1 Å². The molecule has 1 aliphatic rings. The van der Waals surface area contributed by atoms with Gasteiger partial charge in [-0.1, -0.05) is 19.0 Å². The van der Waals surface area contributed by atoms with Gasteiger partial charge in [0, 0.05) is 12.8 Å². The molecule has 0 aliphatic carbocycles. The van der Waals surface area contributed by atoms with Crippen molar-refractivity contribution < 1.29 is 14.4 Å². The molecular weight excluding hydrogens is 270 g/mol. The number of carboxylic acid groups (broad SMARTS) is 1. The second-order valence-corrected chi connectivity index (χ2v) is 6.35. The number of aliphatic carboxylic acids is 1. The Labute approximate surface area is 125 Å². The quantitative estimate of drug-likeness (QED) is 0.831. The van der Waals surface area contributed by atoms with E-state index in [9.17, 15) is 4.79 Å². The molecule has 1 aromatic rings. The van der Waals surface area contributed by atoms with Gasteiger partial charge in [0.15, 0.2) is 5.82 Å². The van der Waals surface area contributed by atoms with Gasteiger partial charge < -0.3 is 9.63 Å². The molecule has 2 rings (SSSR count). The van der Waals surface area contributed by atoms with Crippen molar-refractivity contribution in [2.45, 2.75) is 52.5 Å². The maximum Gasteiger partial charge on any atom is 0.303 e. The van der Waals surface area contributed by atoms with Crippen molar-refractivity contribution in [3.63, 3.8) is 0 Å². The van der Waals surface area contributed by atoms with Gasteiger partial charge in [0.1, 0.15) is 0 Å². The summed E-state index contributed by atoms with van der Waals surface area (Å²) >= 11 is 0. The molecule has 1 saturated heterocycles. The highest BCUT2D eigenvalue weighted by Crippen LogP contribution is 2.22. The van der Waals surface area contributed by atoms with E-state index in [0.717, 1.165) is 44.6 Å². The molecule has 0 aromatic carbocycles. The van der Waals surface area contributed by atoms with Gasteiger partial charge >= 0.3 is 5.97 Å². The molecule has 21 heavy (non-hydrogen) atoms. The molecule has 0 unspecified atom stereocenters. The fraction of sp³-hybridized carbons (Fsp3) is 0.800. The predicted molar refractivity (Wildman–Crippen MR) is 77.7 cm³/mol. The van der Waals surface area contributed by atoms with Crippen LogP contribution < -0.4 is 0 Å². The highest BCUT2D eigenvalue weighted by molar-refractivity contribution is 5.66. The third-order valence-electron chi connectivity index (χ3n) is 3.93. The molecule has 0 bridgehead atoms. The Morgan fingerprint density at radius 2 is 2.14 bits per heavy atom. The van der Waals surface area contributed by atoms with E-state index in [-0.39, 0.29) is 6.42 Å². The zero-order valence-corrected chi connectivity index (χ0v) is 12.9. The monoisotopic (exact) mass is 295 g/mol. The van der Waals surface area contributed by atoms with Crippen LogP contribution in [0.25, 0.3) is 0 Å². The highest BCUT2D eigenvalue weighted by atomic mass is 16.5. The first-order valence-electron chi connectivity index (χ1n) is 7.78. The minimum Gasteiger partial charge on any atom is -0.481 e. The second-order valence-electron chi connectivity index (χ2n) is 6.35. The van der Waals surface area contributed by atoms with Crippen molar-refractivity contribution in [3.8, 4) is 0 Å². The van der Waals surface area contributed by atoms with Crippen LogP contribution in [0.15, 0.2) is 4.52 Å². The first kappa shape index (κ1) is 15.9. The summed E-state index contributed by atoms with van der Waals surface area (Å²) in [4.78, 5) is 17.3. The van der Waals surface area contributed by atoms with Crippen LogP contribution in [0.1, 0.15) is 51.2 Å². The van der Waals surface area contributed by atoms with E-state index in [1.165, 1.54) is 0 Å². The van der Waals surface area contributed by atoms with Crippen LogP contribution in [0.3, 0.4) is 0 Å². The van der Waals surface area contributed by atoms with Crippen LogP contribution in [0, 0.1) is 11.8 Å². The number of hydrogen-bond acceptors (Lipinski definition) is 5. The van der Waals surface area contributed by atoms with Gasteiger partial charge in [-0.15, -0.1) is 0 Å². The normalized spacial score (nSPS) is 17.5. The van der Waals surface area contributed by atoms with Crippen molar-refractivity contribution >= 4 is 5.97 Å². The molecule has 6 heteroatoms. The second kappa shape index (κ2) is 7.54. The van der Waals surface area contributed by atoms with Gasteiger partial charge in [0.2, 0.25) is 5.89 Å². The summed E-state index contributed by atoms with van der Waals surface area (Å²) in [6.07, 6.45) is 4.04. The number of aromatic nitrogens is 2. The minimum absolute atomic E-state index is 0.285. The average molecular weight is 295 g/mol. The summed E-state index contributed by atoms with van der Waals surface area (Å²) < 4.78 is 5.29. The molecule has 118 valence electrons. The van der Waals surface area contributed by atoms with Gasteiger partial charge in [-0.05, 0) is 44.2 Å². The lowest BCUT2D eigenvalue weighted by atomic mass is 9.92. The van der Waals surface area contributed by atoms with E-state index in [2.05, 4.69) is 28.9 Å². The lowest BCUT2D eigenvalue weighted by Gasteiger charge is -2.30. The fourth-order valence-corrected chi connectivity index (χ4v) is 2.75. The number of carboxylic acids is 1. The lowest BCUT2D eigenvalue weighted by molar-refractivity contribution is -0.137. The summed E-state index contributed by atoms with van der Waals surface area (Å²) in [5.41, 5.74) is 0. The molecular formula is C15H25N3O3. The van der Waals surface area contributed by atoms with E-state index in [0.29, 0.717) is 24.3 Å². The largest absolute Gasteiger partial charge is 0.481 e. The Kier molecular flexibility index (Phi) is 5.73. The van der Waals surface area contributed by atoms with Gasteiger partial charge in [-0.25, -0.2) is 0 Å². The Morgan fingerprint density at radius 1 is 1.43 bits per heavy atom. The Balaban J connectivity index is 1.73. The van der Waals surface area contributed by atoms with Crippen molar-refractivity contribution in [1.82, 2.24) is 15.0 Å². The molecule has 6 nitrogen and oxygen atoms in total. The predicted octanol–water partition coefficient (Wildman–Crippen LogP) is 2.34. The topological polar surface area (TPSA) is 79.5 Å². The molecule has 1 fully saturated rings. The number of likely N-dealkylation sites (tertiary alicyclic amines) is 1. The van der Waals surface area contributed by atoms with E-state index < -0.39 is 5.97 Å². The summed E-state index contributed by atoms with van der Waals surface area (Å²) in [7, 11) is 0. The van der Waals surface area contributed by atoms with Gasteiger partial charge in [-0.3, -0.25) is 9.69 Å². The summed E-state index contributed by atoms with van der Waals surface area (Å²) in [6.45, 7) is 6.94. The van der Waals surface area contributed by atoms with Crippen molar-refractivity contribution in [1.29, 1.82) is 0 Å². The molecule has 0 saturated carbocycles. The molecule has 0 radical (unpaired) electrons. The van der Waals surface area contributed by atoms with E-state index >= 15 is 0 Å². The number of carbonyl (C=O) groups is 1. The minimum atomic E-state index is -0.694. The van der Waals surface area contributed by atoms with E-state index in [1.807, 2.05) is 0 Å². The third kappa shape index (κ3) is 5.46. The van der Waals surface area contributed by atoms with Gasteiger partial charge in [0.25, 0.3) is 0 Å². The number of piperidine rings is 1. The molecule has 1 N–H and O–H groups in total. The highest BCUT2D eigenvalue weighted by Gasteiger charge is 2.21. The zero-order chi connectivity index (χ0) is 15.2. The fourth-order valence-electron chi connectivity index (χ4n) is 2.75. The van der Waals surface area contributed by atoms with Gasteiger partial charge in [-0.2, -0.15) is 4.98 Å². The molecule has 2 heterocycles. The molecule has 1 aliphatic heterocycles. The Morgan fingerprint density at radius 3 is 2.76 bits per heavy atom. The first-order valence-corrected chi connectivity index (χ1v) is 7.78. The van der Waals surface area contributed by atoms with Crippen molar-refractivity contribution in [2.24, 2.45) is 11.8 Å². The zero-order valence-electron chi connectivity index (χ0n) is 12.9. The SMILES string of the molecule is CC(C)Cc1noc(CN2CCC(CCC(=O)O)CC2)n1. The molecule has 0 atom stereocenters. The Hall–Kier alpha value is -1.43. The van der Waals surface area contributed by atoms with Crippen molar-refractivity contribution in [3.05, 3.63) is 11.7 Å². The van der Waals surface area contributed by atoms with Crippen LogP contribution >= 0.6 is 0 Å². The summed E-state index contributed by atoms with van der Waals surface area (Å²) in [6, 6.07) is 0. The Bertz CT molecular complexity index is 451. The third-order valence-corrected chi connectivity index (χ3v) is 3.93. The van der Waals surface area contributed by atoms with E-state index in [1.54, 1.807) is 0 Å². The first-order chi connectivity index (χ1) is 10.0. The molecule has 0 amide bonds. The maximum atomic E-state index is 10.6.